The van der Waals surface area contributed by atoms with Crippen LogP contribution < -0.4 is 9.62 Å². The lowest BCUT2D eigenvalue weighted by Gasteiger charge is -2.32. The number of amides is 2. The number of sulfonamides is 1. The molecule has 2 rings (SSSR count). The Bertz CT molecular complexity index is 1190. The molecular weight excluding hydrogens is 474 g/mol. The minimum Gasteiger partial charge on any atom is -0.350 e. The zero-order valence-corrected chi connectivity index (χ0v) is 23.7. The number of aryl methyl sites for hydroxylation is 3. The lowest BCUT2D eigenvalue weighted by molar-refractivity contribution is -0.141. The Morgan fingerprint density at radius 3 is 2.22 bits per heavy atom. The first-order valence-corrected chi connectivity index (χ1v) is 14.2. The van der Waals surface area contributed by atoms with Gasteiger partial charge in [0, 0.05) is 25.0 Å². The topological polar surface area (TPSA) is 86.8 Å². The quantitative estimate of drug-likeness (QED) is 0.505. The van der Waals surface area contributed by atoms with E-state index < -0.39 is 21.6 Å². The van der Waals surface area contributed by atoms with Gasteiger partial charge in [-0.2, -0.15) is 0 Å². The third kappa shape index (κ3) is 8.66. The van der Waals surface area contributed by atoms with Gasteiger partial charge in [-0.05, 0) is 77.6 Å². The lowest BCUT2D eigenvalue weighted by atomic mass is 10.1. The highest BCUT2D eigenvalue weighted by atomic mass is 32.2. The van der Waals surface area contributed by atoms with Crippen LogP contribution in [0.1, 0.15) is 62.8 Å². The van der Waals surface area contributed by atoms with Gasteiger partial charge in [0.25, 0.3) is 0 Å². The molecule has 0 spiro atoms. The average Bonchev–Trinajstić information content (AvgIpc) is 2.74. The van der Waals surface area contributed by atoms with Crippen LogP contribution in [-0.4, -0.2) is 49.5 Å². The summed E-state index contributed by atoms with van der Waals surface area (Å²) in [6.07, 6.45) is 1.63. The maximum Gasteiger partial charge on any atom is 0.242 e. The summed E-state index contributed by atoms with van der Waals surface area (Å²) in [5.74, 6) is -0.417. The maximum absolute atomic E-state index is 13.4. The van der Waals surface area contributed by atoms with Crippen molar-refractivity contribution in [1.29, 1.82) is 0 Å². The highest BCUT2D eigenvalue weighted by molar-refractivity contribution is 7.92. The molecule has 0 fully saturated rings. The summed E-state index contributed by atoms with van der Waals surface area (Å²) in [6.45, 7) is 13.7. The van der Waals surface area contributed by atoms with E-state index in [1.54, 1.807) is 11.8 Å². The van der Waals surface area contributed by atoms with Crippen molar-refractivity contribution in [3.8, 4) is 0 Å². The second-order valence-corrected chi connectivity index (χ2v) is 12.6. The summed E-state index contributed by atoms with van der Waals surface area (Å²) in [4.78, 5) is 27.9. The van der Waals surface area contributed by atoms with E-state index in [-0.39, 0.29) is 24.8 Å². The second-order valence-electron chi connectivity index (χ2n) is 10.7. The molecule has 2 aromatic carbocycles. The van der Waals surface area contributed by atoms with Crippen LogP contribution in [0.15, 0.2) is 42.5 Å². The van der Waals surface area contributed by atoms with E-state index in [1.165, 1.54) is 10.6 Å². The Hall–Kier alpha value is -2.87. The molecule has 0 saturated heterocycles. The smallest absolute Gasteiger partial charge is 0.242 e. The van der Waals surface area contributed by atoms with Gasteiger partial charge in [0.05, 0.1) is 11.9 Å². The Morgan fingerprint density at radius 1 is 1.00 bits per heavy atom. The van der Waals surface area contributed by atoms with E-state index in [2.05, 4.69) is 5.32 Å². The molecule has 1 atom stereocenters. The molecule has 0 radical (unpaired) electrons. The molecule has 1 N–H and O–H groups in total. The fourth-order valence-electron chi connectivity index (χ4n) is 4.03. The highest BCUT2D eigenvalue weighted by Gasteiger charge is 2.28. The van der Waals surface area contributed by atoms with Crippen LogP contribution in [0.5, 0.6) is 0 Å². The van der Waals surface area contributed by atoms with Gasteiger partial charge in [-0.15, -0.1) is 0 Å². The molecule has 0 aliphatic heterocycles. The average molecular weight is 516 g/mol. The summed E-state index contributed by atoms with van der Waals surface area (Å²) in [6, 6.07) is 12.9. The van der Waals surface area contributed by atoms with Crippen LogP contribution in [0.25, 0.3) is 0 Å². The van der Waals surface area contributed by atoms with Gasteiger partial charge in [-0.25, -0.2) is 8.42 Å². The van der Waals surface area contributed by atoms with Gasteiger partial charge < -0.3 is 10.2 Å². The number of nitrogens with one attached hydrogen (secondary N) is 1. The molecule has 0 heterocycles. The van der Waals surface area contributed by atoms with E-state index in [0.29, 0.717) is 18.7 Å². The van der Waals surface area contributed by atoms with Crippen LogP contribution in [0.2, 0.25) is 0 Å². The van der Waals surface area contributed by atoms with E-state index in [4.69, 9.17) is 0 Å². The second kappa shape index (κ2) is 11.9. The molecule has 7 nitrogen and oxygen atoms in total. The normalized spacial score (nSPS) is 12.7. The minimum absolute atomic E-state index is 0.121. The van der Waals surface area contributed by atoms with Gasteiger partial charge in [0.15, 0.2) is 0 Å². The van der Waals surface area contributed by atoms with Crippen LogP contribution in [0.3, 0.4) is 0 Å². The Labute approximate surface area is 216 Å². The standard InChI is InChI=1S/C28H41N3O4S/c1-20-11-9-12-24(17-20)19-30(23(4)27(33)29-28(5,6)7)26(32)13-10-16-31(36(8,34)35)25-18-21(2)14-15-22(25)3/h9,11-12,14-15,17-18,23H,10,13,16,19H2,1-8H3,(H,29,33)/t23-/m1/s1. The monoisotopic (exact) mass is 515 g/mol. The zero-order valence-electron chi connectivity index (χ0n) is 22.9. The largest absolute Gasteiger partial charge is 0.350 e. The number of nitrogens with zero attached hydrogens (tertiary/aromatic N) is 2. The van der Waals surface area contributed by atoms with Crippen molar-refractivity contribution in [3.05, 3.63) is 64.7 Å². The van der Waals surface area contributed by atoms with Crippen molar-refractivity contribution in [2.45, 2.75) is 79.4 Å². The summed E-state index contributed by atoms with van der Waals surface area (Å²) < 4.78 is 26.5. The van der Waals surface area contributed by atoms with E-state index >= 15 is 0 Å². The van der Waals surface area contributed by atoms with Gasteiger partial charge in [-0.3, -0.25) is 13.9 Å². The molecule has 0 bridgehead atoms. The SMILES string of the molecule is Cc1cccc(CN(C(=O)CCCN(c2cc(C)ccc2C)S(C)(=O)=O)[C@H](C)C(=O)NC(C)(C)C)c1. The Balaban J connectivity index is 2.23. The molecule has 0 saturated carbocycles. The van der Waals surface area contributed by atoms with E-state index in [0.717, 1.165) is 22.3 Å². The summed E-state index contributed by atoms with van der Waals surface area (Å²) >= 11 is 0. The van der Waals surface area contributed by atoms with Crippen molar-refractivity contribution in [1.82, 2.24) is 10.2 Å². The number of carbonyl (C=O) groups excluding carboxylic acids is 2. The molecule has 2 aromatic rings. The van der Waals surface area contributed by atoms with Crippen molar-refractivity contribution in [2.24, 2.45) is 0 Å². The number of rotatable bonds is 10. The van der Waals surface area contributed by atoms with Crippen molar-refractivity contribution >= 4 is 27.5 Å². The predicted molar refractivity (Wildman–Crippen MR) is 146 cm³/mol. The molecule has 36 heavy (non-hydrogen) atoms. The first kappa shape index (κ1) is 29.4. The molecule has 0 aliphatic rings. The Morgan fingerprint density at radius 2 is 1.64 bits per heavy atom. The van der Waals surface area contributed by atoms with Crippen LogP contribution >= 0.6 is 0 Å². The summed E-state index contributed by atoms with van der Waals surface area (Å²) in [7, 11) is -3.53. The number of hydrogen-bond acceptors (Lipinski definition) is 4. The van der Waals surface area contributed by atoms with Crippen LogP contribution in [-0.2, 0) is 26.2 Å². The van der Waals surface area contributed by atoms with Gasteiger partial charge >= 0.3 is 0 Å². The third-order valence-corrected chi connectivity index (χ3v) is 7.07. The van der Waals surface area contributed by atoms with Crippen molar-refractivity contribution in [2.75, 3.05) is 17.1 Å². The molecule has 8 heteroatoms. The fourth-order valence-corrected chi connectivity index (χ4v) is 5.05. The van der Waals surface area contributed by atoms with E-state index in [9.17, 15) is 18.0 Å². The zero-order chi connectivity index (χ0) is 27.3. The molecule has 198 valence electrons. The van der Waals surface area contributed by atoms with Crippen molar-refractivity contribution in [3.63, 3.8) is 0 Å². The molecule has 0 aliphatic carbocycles. The van der Waals surface area contributed by atoms with Gasteiger partial charge in [0.2, 0.25) is 21.8 Å². The lowest BCUT2D eigenvalue weighted by Crippen LogP contribution is -2.52. The number of benzene rings is 2. The fraction of sp³-hybridized carbons (Fsp3) is 0.500. The molecule has 0 unspecified atom stereocenters. The summed E-state index contributed by atoms with van der Waals surface area (Å²) in [5, 5.41) is 2.96. The molecule has 2 amide bonds. The number of hydrogen-bond donors (Lipinski definition) is 1. The van der Waals surface area contributed by atoms with Crippen LogP contribution in [0.4, 0.5) is 5.69 Å². The highest BCUT2D eigenvalue weighted by Crippen LogP contribution is 2.25. The first-order chi connectivity index (χ1) is 16.6. The number of carbonyl (C=O) groups is 2. The first-order valence-electron chi connectivity index (χ1n) is 12.3. The molecule has 0 aromatic heterocycles. The third-order valence-electron chi connectivity index (χ3n) is 5.89. The van der Waals surface area contributed by atoms with Gasteiger partial charge in [0.1, 0.15) is 6.04 Å². The maximum atomic E-state index is 13.4. The Kier molecular flexibility index (Phi) is 9.71. The predicted octanol–water partition coefficient (Wildman–Crippen LogP) is 4.49. The minimum atomic E-state index is -3.53. The summed E-state index contributed by atoms with van der Waals surface area (Å²) in [5.41, 5.74) is 4.02. The van der Waals surface area contributed by atoms with Crippen molar-refractivity contribution < 1.29 is 18.0 Å². The van der Waals surface area contributed by atoms with Gasteiger partial charge in [-0.1, -0.05) is 42.0 Å². The number of anilines is 1. The van der Waals surface area contributed by atoms with E-state index in [1.807, 2.05) is 84.0 Å². The van der Waals surface area contributed by atoms with Crippen LogP contribution in [0, 0.1) is 20.8 Å². The molecular formula is C28H41N3O4S.